The van der Waals surface area contributed by atoms with Crippen molar-refractivity contribution in [1.29, 1.82) is 0 Å². The number of aliphatic carboxylic acids is 1. The highest BCUT2D eigenvalue weighted by Crippen LogP contribution is 2.48. The van der Waals surface area contributed by atoms with Crippen molar-refractivity contribution in [3.63, 3.8) is 0 Å². The van der Waals surface area contributed by atoms with E-state index in [1.807, 2.05) is 24.3 Å². The predicted molar refractivity (Wildman–Crippen MR) is 371 cm³/mol. The number of pyridine rings is 4. The molecule has 0 radical (unpaired) electrons. The summed E-state index contributed by atoms with van der Waals surface area (Å²) in [4.78, 5) is 103. The third kappa shape index (κ3) is 18.9. The van der Waals surface area contributed by atoms with E-state index in [1.165, 1.54) is 87.4 Å². The van der Waals surface area contributed by atoms with Crippen molar-refractivity contribution >= 4 is 106 Å². The molecule has 3 atom stereocenters. The monoisotopic (exact) mass is 1510 g/mol. The largest absolute Gasteiger partial charge is 0.480 e. The SMILES string of the molecule is CC(C)(C)OC(=O)Cn1nc(C(N)=O)c2cc(C#Cc3cc(F)ccn3)ccc21.Fc1ccnc(Br)c1.NC(=O)c1nn(CC(=O)N2[C@@H]3C[C@@H]3C[C@H]2C(=O)Cc2cccc(Br)c2)c2ccc(C#Cc3cc(F)ccn3)cc12.NC(=O)c1nn(CC(=O)O)c2ccc(C#Cc3cc(F)ccn3)cc12. The molecule has 13 rings (SSSR count). The van der Waals surface area contributed by atoms with E-state index in [2.05, 4.69) is 103 Å². The summed E-state index contributed by atoms with van der Waals surface area (Å²) >= 11 is 6.45. The molecule has 1 saturated carbocycles. The van der Waals surface area contributed by atoms with Gasteiger partial charge in [-0.15, -0.1) is 0 Å². The number of nitrogens with two attached hydrogens (primary N) is 3. The van der Waals surface area contributed by atoms with Crippen molar-refractivity contribution in [3.05, 3.63) is 241 Å². The Hall–Kier alpha value is -12.3. The Bertz CT molecular complexity index is 5350. The molecule has 1 saturated heterocycles. The van der Waals surface area contributed by atoms with Crippen molar-refractivity contribution in [2.24, 2.45) is 23.1 Å². The molecule has 4 aromatic carbocycles. The van der Waals surface area contributed by atoms with Gasteiger partial charge in [0.05, 0.1) is 22.6 Å². The average Bonchev–Trinajstić information content (AvgIpc) is 1.58. The van der Waals surface area contributed by atoms with E-state index in [0.717, 1.165) is 16.5 Å². The second-order valence-corrected chi connectivity index (χ2v) is 25.5. The smallest absolute Gasteiger partial charge is 0.328 e. The molecule has 11 aromatic rings. The molecule has 7 N–H and O–H groups in total. The number of benzene rings is 4. The van der Waals surface area contributed by atoms with E-state index in [4.69, 9.17) is 27.0 Å². The first-order valence-corrected chi connectivity index (χ1v) is 32.3. The Morgan fingerprint density at radius 3 is 1.33 bits per heavy atom. The maximum absolute atomic E-state index is 13.6. The summed E-state index contributed by atoms with van der Waals surface area (Å²) in [5.41, 5.74) is 20.6. The number of nitrogens with zero attached hydrogens (tertiary/aromatic N) is 11. The number of rotatable bonds is 12. The fourth-order valence-corrected chi connectivity index (χ4v) is 11.6. The minimum atomic E-state index is -1.10. The summed E-state index contributed by atoms with van der Waals surface area (Å²) in [6.45, 7) is 4.59. The zero-order valence-corrected chi connectivity index (χ0v) is 57.2. The lowest BCUT2D eigenvalue weighted by molar-refractivity contribution is -0.155. The van der Waals surface area contributed by atoms with Crippen LogP contribution in [0.1, 0.15) is 104 Å². The van der Waals surface area contributed by atoms with Gasteiger partial charge in [-0.3, -0.25) is 47.6 Å². The molecule has 2 aliphatic rings. The van der Waals surface area contributed by atoms with Crippen LogP contribution < -0.4 is 17.2 Å². The first-order valence-electron chi connectivity index (χ1n) is 30.7. The van der Waals surface area contributed by atoms with Gasteiger partial charge in [-0.05, 0) is 170 Å². The van der Waals surface area contributed by atoms with E-state index in [-0.39, 0.29) is 77.2 Å². The van der Waals surface area contributed by atoms with Crippen LogP contribution in [-0.2, 0) is 50.0 Å². The van der Waals surface area contributed by atoms with Crippen LogP contribution in [0.4, 0.5) is 17.6 Å². The first-order chi connectivity index (χ1) is 48.6. The highest BCUT2D eigenvalue weighted by molar-refractivity contribution is 9.10. The molecule has 23 nitrogen and oxygen atoms in total. The van der Waals surface area contributed by atoms with E-state index in [9.17, 15) is 51.1 Å². The van der Waals surface area contributed by atoms with Gasteiger partial charge in [0.15, 0.2) is 22.9 Å². The fourth-order valence-electron chi connectivity index (χ4n) is 10.8. The predicted octanol–water partition coefficient (Wildman–Crippen LogP) is 9.18. The van der Waals surface area contributed by atoms with Crippen molar-refractivity contribution in [2.75, 3.05) is 0 Å². The molecule has 7 aromatic heterocycles. The van der Waals surface area contributed by atoms with Crippen molar-refractivity contribution in [2.45, 2.75) is 77.4 Å². The zero-order valence-electron chi connectivity index (χ0n) is 54.0. The van der Waals surface area contributed by atoms with Crippen LogP contribution in [0.15, 0.2) is 161 Å². The number of hydrogen-bond acceptors (Lipinski definition) is 15. The topological polar surface area (TPSA) is 335 Å². The standard InChI is InChI=1S/C30H23BrFN5O3.C21H19FN4O3.C17H11FN4O3.C5H3BrFN/c31-20-3-1-2-18(10-20)12-27(38)26-14-19-13-25(19)37(26)28(39)16-36-24-7-5-17(11-23(24)29(35-36)30(33)40)4-6-22-15-21(32)8-9-34-22;1-21(2,3)29-18(27)12-26-17-7-5-13(10-16(17)19(25-26)20(23)28)4-6-15-11-14(22)8-9-24-15;18-11-5-6-20-12(8-11)3-1-10-2-4-14-13(7-10)16(17(19)25)21-22(14)9-15(23)24;6-5-3-4(7)1-2-8-5/h1-3,5,7-11,15,19,25-26H,12-14,16H2,(H2,33,40);5,7-11H,12H2,1-3H3,(H2,23,28);2,4-8H,9H2,(H2,19,25)(H,23,24);1-3H/t19-,25-,26+;;;/m1.../s1. The van der Waals surface area contributed by atoms with Gasteiger partial charge in [0.2, 0.25) is 5.91 Å². The lowest BCUT2D eigenvalue weighted by Crippen LogP contribution is -2.45. The van der Waals surface area contributed by atoms with Crippen molar-refractivity contribution in [3.8, 4) is 35.5 Å². The number of amides is 4. The van der Waals surface area contributed by atoms with Gasteiger partial charge in [-0.2, -0.15) is 15.3 Å². The number of ketones is 1. The summed E-state index contributed by atoms with van der Waals surface area (Å²) in [6.07, 6.45) is 7.17. The highest BCUT2D eigenvalue weighted by atomic mass is 79.9. The Balaban J connectivity index is 0.000000160. The molecule has 8 heterocycles. The number of fused-ring (bicyclic) bond motifs is 4. The molecule has 102 heavy (non-hydrogen) atoms. The number of aromatic nitrogens is 10. The molecule has 0 spiro atoms. The minimum absolute atomic E-state index is 0.0119. The number of carboxylic acids is 1. The van der Waals surface area contributed by atoms with Crippen molar-refractivity contribution in [1.82, 2.24) is 54.2 Å². The number of carbonyl (C=O) groups excluding carboxylic acids is 6. The molecule has 4 amide bonds. The van der Waals surface area contributed by atoms with Gasteiger partial charge in [-0.25, -0.2) is 37.5 Å². The van der Waals surface area contributed by atoms with Gasteiger partial charge in [0.25, 0.3) is 17.7 Å². The van der Waals surface area contributed by atoms with E-state index in [0.29, 0.717) is 66.3 Å². The Labute approximate surface area is 594 Å². The Morgan fingerprint density at radius 1 is 0.529 bits per heavy atom. The third-order valence-corrected chi connectivity index (χ3v) is 16.0. The van der Waals surface area contributed by atoms with Gasteiger partial charge in [-0.1, -0.05) is 45.8 Å². The number of primary amides is 3. The van der Waals surface area contributed by atoms with Gasteiger partial charge in [0.1, 0.15) is 70.2 Å². The second kappa shape index (κ2) is 31.7. The van der Waals surface area contributed by atoms with Crippen molar-refractivity contribution < 1.29 is 61.0 Å². The van der Waals surface area contributed by atoms with Gasteiger partial charge < -0.3 is 31.9 Å². The maximum Gasteiger partial charge on any atom is 0.328 e. The summed E-state index contributed by atoms with van der Waals surface area (Å²) in [6, 6.07) is 32.0. The van der Waals surface area contributed by atoms with Crippen LogP contribution in [0.3, 0.4) is 0 Å². The number of Topliss-reactive ketones (excluding diaryl/α,β-unsaturated/α-hetero) is 1. The summed E-state index contributed by atoms with van der Waals surface area (Å²) in [5.74, 6) is 11.6. The summed E-state index contributed by atoms with van der Waals surface area (Å²) < 4.78 is 62.7. The number of esters is 1. The molecule has 29 heteroatoms. The number of carboxylic acid groups (broad SMARTS) is 1. The lowest BCUT2D eigenvalue weighted by Gasteiger charge is -2.27. The molecule has 0 unspecified atom stereocenters. The van der Waals surface area contributed by atoms with Crippen LogP contribution in [0.25, 0.3) is 32.7 Å². The molecule has 0 bridgehead atoms. The fraction of sp³-hybridized carbons (Fsp3) is 0.178. The molecular weight excluding hydrogens is 1450 g/mol. The normalized spacial score (nSPS) is 13.9. The van der Waals surface area contributed by atoms with Crippen LogP contribution >= 0.6 is 31.9 Å². The summed E-state index contributed by atoms with van der Waals surface area (Å²) in [5, 5.41) is 22.7. The Morgan fingerprint density at radius 2 is 0.951 bits per heavy atom. The Kier molecular flexibility index (Phi) is 22.5. The third-order valence-electron chi connectivity index (χ3n) is 15.1. The lowest BCUT2D eigenvalue weighted by atomic mass is 10.0. The number of ether oxygens (including phenoxy) is 1. The number of piperidine rings is 1. The quantitative estimate of drug-likeness (QED) is 0.0383. The molecule has 2 fully saturated rings. The first kappa shape index (κ1) is 72.5. The van der Waals surface area contributed by atoms with Gasteiger partial charge in [0, 0.05) is 98.8 Å². The molecular formula is C73H56Br2F4N14O9. The van der Waals surface area contributed by atoms with Crippen LogP contribution in [0.2, 0.25) is 0 Å². The highest BCUT2D eigenvalue weighted by Gasteiger charge is 2.55. The number of hydrogen-bond donors (Lipinski definition) is 4. The maximum atomic E-state index is 13.6. The zero-order chi connectivity index (χ0) is 73.1. The number of carbonyl (C=O) groups is 7. The average molecular weight is 1510 g/mol. The second-order valence-electron chi connectivity index (χ2n) is 23.8. The van der Waals surface area contributed by atoms with E-state index >= 15 is 0 Å². The number of halogens is 6. The van der Waals surface area contributed by atoms with E-state index < -0.39 is 65.3 Å². The summed E-state index contributed by atoms with van der Waals surface area (Å²) in [7, 11) is 0. The molecule has 514 valence electrons. The van der Waals surface area contributed by atoms with Crippen LogP contribution in [-0.4, -0.2) is 118 Å². The molecule has 1 aliphatic heterocycles. The van der Waals surface area contributed by atoms with Crippen LogP contribution in [0.5, 0.6) is 0 Å². The minimum Gasteiger partial charge on any atom is -0.480 e. The number of likely N-dealkylation sites (tertiary alicyclic amines) is 1. The van der Waals surface area contributed by atoms with Gasteiger partial charge >= 0.3 is 11.9 Å². The van der Waals surface area contributed by atoms with Crippen LogP contribution in [0, 0.1) is 64.7 Å². The van der Waals surface area contributed by atoms with E-state index in [1.54, 1.807) is 80.3 Å². The molecule has 1 aliphatic carbocycles.